The minimum Gasteiger partial charge on any atom is -0.481 e. The molecule has 1 N–H and O–H groups in total. The van der Waals surface area contributed by atoms with E-state index in [1.165, 1.54) is 0 Å². The molecule has 3 heteroatoms. The van der Waals surface area contributed by atoms with Gasteiger partial charge in [0.1, 0.15) is 0 Å². The summed E-state index contributed by atoms with van der Waals surface area (Å²) in [7, 11) is 0. The molecule has 0 amide bonds. The van der Waals surface area contributed by atoms with Gasteiger partial charge in [-0.25, -0.2) is 0 Å². The lowest BCUT2D eigenvalue weighted by Crippen LogP contribution is -2.19. The maximum absolute atomic E-state index is 11.4. The largest absolute Gasteiger partial charge is 0.481 e. The van der Waals surface area contributed by atoms with Crippen LogP contribution in [0.15, 0.2) is 59.1 Å². The number of hydrogen-bond donors (Lipinski definition) is 1. The zero-order valence-electron chi connectivity index (χ0n) is 10.4. The summed E-state index contributed by atoms with van der Waals surface area (Å²) in [6.45, 7) is 0. The smallest absolute Gasteiger partial charge is 0.307 e. The van der Waals surface area contributed by atoms with Crippen molar-refractivity contribution >= 4 is 21.9 Å². The van der Waals surface area contributed by atoms with Crippen molar-refractivity contribution in [1.29, 1.82) is 0 Å². The van der Waals surface area contributed by atoms with Crippen molar-refractivity contribution < 1.29 is 9.90 Å². The van der Waals surface area contributed by atoms with Crippen molar-refractivity contribution in [3.05, 3.63) is 70.2 Å². The summed E-state index contributed by atoms with van der Waals surface area (Å²) in [5.74, 6) is -1.14. The fraction of sp³-hybridized carbons (Fsp3) is 0.188. The summed E-state index contributed by atoms with van der Waals surface area (Å²) in [6, 6.07) is 17.6. The van der Waals surface area contributed by atoms with Crippen LogP contribution in [-0.2, 0) is 17.6 Å². The van der Waals surface area contributed by atoms with E-state index in [0.717, 1.165) is 15.6 Å². The quantitative estimate of drug-likeness (QED) is 0.906. The maximum Gasteiger partial charge on any atom is 0.307 e. The van der Waals surface area contributed by atoms with Gasteiger partial charge in [-0.15, -0.1) is 0 Å². The van der Waals surface area contributed by atoms with E-state index in [0.29, 0.717) is 12.8 Å². The third kappa shape index (κ3) is 4.21. The standard InChI is InChI=1S/C16H15BrO2/c17-15-8-4-7-13(11-15)10-14(16(18)19)9-12-5-2-1-3-6-12/h1-8,11,14H,9-10H2,(H,18,19). The molecule has 1 unspecified atom stereocenters. The molecule has 2 rings (SSSR count). The van der Waals surface area contributed by atoms with Gasteiger partial charge in [0, 0.05) is 4.47 Å². The third-order valence-corrected chi connectivity index (χ3v) is 3.54. The van der Waals surface area contributed by atoms with E-state index >= 15 is 0 Å². The second-order valence-electron chi connectivity index (χ2n) is 4.56. The molecule has 0 radical (unpaired) electrons. The maximum atomic E-state index is 11.4. The Morgan fingerprint density at radius 2 is 1.63 bits per heavy atom. The monoisotopic (exact) mass is 318 g/mol. The fourth-order valence-electron chi connectivity index (χ4n) is 2.09. The van der Waals surface area contributed by atoms with Crippen molar-refractivity contribution in [2.75, 3.05) is 0 Å². The fourth-order valence-corrected chi connectivity index (χ4v) is 2.54. The summed E-state index contributed by atoms with van der Waals surface area (Å²) < 4.78 is 0.980. The van der Waals surface area contributed by atoms with Crippen molar-refractivity contribution in [3.8, 4) is 0 Å². The molecule has 0 bridgehead atoms. The molecule has 98 valence electrons. The highest BCUT2D eigenvalue weighted by atomic mass is 79.9. The Bertz CT molecular complexity index is 552. The van der Waals surface area contributed by atoms with E-state index in [4.69, 9.17) is 0 Å². The Labute approximate surface area is 121 Å². The number of halogens is 1. The molecule has 1 atom stereocenters. The van der Waals surface area contributed by atoms with Crippen molar-refractivity contribution in [2.24, 2.45) is 5.92 Å². The second kappa shape index (κ2) is 6.53. The average Bonchev–Trinajstić information content (AvgIpc) is 2.39. The molecular formula is C16H15BrO2. The molecule has 2 aromatic carbocycles. The van der Waals surface area contributed by atoms with Crippen LogP contribution in [0.25, 0.3) is 0 Å². The molecule has 2 aromatic rings. The lowest BCUT2D eigenvalue weighted by atomic mass is 9.93. The van der Waals surface area contributed by atoms with Gasteiger partial charge in [-0.3, -0.25) is 4.79 Å². The number of carboxylic acid groups (broad SMARTS) is 1. The van der Waals surface area contributed by atoms with Gasteiger partial charge in [-0.2, -0.15) is 0 Å². The van der Waals surface area contributed by atoms with Gasteiger partial charge in [-0.05, 0) is 36.1 Å². The van der Waals surface area contributed by atoms with Crippen LogP contribution in [0.2, 0.25) is 0 Å². The first-order chi connectivity index (χ1) is 9.15. The first-order valence-corrected chi connectivity index (χ1v) is 6.95. The van der Waals surface area contributed by atoms with Gasteiger partial charge in [-0.1, -0.05) is 58.4 Å². The van der Waals surface area contributed by atoms with Crippen LogP contribution in [0, 0.1) is 5.92 Å². The summed E-state index contributed by atoms with van der Waals surface area (Å²) in [6.07, 6.45) is 1.10. The molecular weight excluding hydrogens is 304 g/mol. The Hall–Kier alpha value is -1.61. The van der Waals surface area contributed by atoms with Gasteiger partial charge in [0.15, 0.2) is 0 Å². The normalized spacial score (nSPS) is 12.1. The Morgan fingerprint density at radius 1 is 1.00 bits per heavy atom. The van der Waals surface area contributed by atoms with Gasteiger partial charge < -0.3 is 5.11 Å². The van der Waals surface area contributed by atoms with Crippen molar-refractivity contribution in [3.63, 3.8) is 0 Å². The van der Waals surface area contributed by atoms with Crippen LogP contribution in [0.5, 0.6) is 0 Å². The van der Waals surface area contributed by atoms with E-state index in [9.17, 15) is 9.90 Å². The zero-order valence-corrected chi connectivity index (χ0v) is 12.0. The third-order valence-electron chi connectivity index (χ3n) is 3.05. The van der Waals surface area contributed by atoms with Crippen LogP contribution >= 0.6 is 15.9 Å². The number of aliphatic carboxylic acids is 1. The second-order valence-corrected chi connectivity index (χ2v) is 5.47. The summed E-state index contributed by atoms with van der Waals surface area (Å²) in [5.41, 5.74) is 2.10. The topological polar surface area (TPSA) is 37.3 Å². The molecule has 0 spiro atoms. The molecule has 2 nitrogen and oxygen atoms in total. The van der Waals surface area contributed by atoms with Gasteiger partial charge >= 0.3 is 5.97 Å². The summed E-state index contributed by atoms with van der Waals surface area (Å²) in [5, 5.41) is 9.35. The van der Waals surface area contributed by atoms with E-state index in [2.05, 4.69) is 15.9 Å². The first-order valence-electron chi connectivity index (χ1n) is 6.16. The molecule has 0 aromatic heterocycles. The minimum absolute atomic E-state index is 0.392. The molecule has 0 aliphatic carbocycles. The average molecular weight is 319 g/mol. The Kier molecular flexibility index (Phi) is 4.74. The zero-order chi connectivity index (χ0) is 13.7. The first kappa shape index (κ1) is 13.8. The summed E-state index contributed by atoms with van der Waals surface area (Å²) >= 11 is 3.41. The van der Waals surface area contributed by atoms with Crippen LogP contribution in [0.1, 0.15) is 11.1 Å². The van der Waals surface area contributed by atoms with Crippen LogP contribution < -0.4 is 0 Å². The predicted octanol–water partition coefficient (Wildman–Crippen LogP) is 3.94. The molecule has 0 fully saturated rings. The van der Waals surface area contributed by atoms with Crippen LogP contribution in [0.3, 0.4) is 0 Å². The molecule has 19 heavy (non-hydrogen) atoms. The number of benzene rings is 2. The van der Waals surface area contributed by atoms with Crippen LogP contribution in [0.4, 0.5) is 0 Å². The predicted molar refractivity (Wildman–Crippen MR) is 79.1 cm³/mol. The summed E-state index contributed by atoms with van der Waals surface area (Å²) in [4.78, 5) is 11.4. The van der Waals surface area contributed by atoms with Gasteiger partial charge in [0.25, 0.3) is 0 Å². The lowest BCUT2D eigenvalue weighted by Gasteiger charge is -2.12. The van der Waals surface area contributed by atoms with Crippen LogP contribution in [-0.4, -0.2) is 11.1 Å². The number of rotatable bonds is 5. The molecule has 0 saturated heterocycles. The molecule has 0 heterocycles. The van der Waals surface area contributed by atoms with E-state index < -0.39 is 11.9 Å². The highest BCUT2D eigenvalue weighted by Crippen LogP contribution is 2.18. The van der Waals surface area contributed by atoms with Crippen molar-refractivity contribution in [2.45, 2.75) is 12.8 Å². The number of hydrogen-bond acceptors (Lipinski definition) is 1. The van der Waals surface area contributed by atoms with Crippen molar-refractivity contribution in [1.82, 2.24) is 0 Å². The van der Waals surface area contributed by atoms with E-state index in [-0.39, 0.29) is 0 Å². The Balaban J connectivity index is 2.11. The number of carboxylic acids is 1. The molecule has 0 saturated carbocycles. The van der Waals surface area contributed by atoms with Gasteiger partial charge in [0.2, 0.25) is 0 Å². The SMILES string of the molecule is O=C(O)C(Cc1ccccc1)Cc1cccc(Br)c1. The highest BCUT2D eigenvalue weighted by Gasteiger charge is 2.18. The Morgan fingerprint density at radius 3 is 2.26 bits per heavy atom. The molecule has 0 aliphatic heterocycles. The number of carbonyl (C=O) groups is 1. The minimum atomic E-state index is -0.746. The van der Waals surface area contributed by atoms with E-state index in [1.54, 1.807) is 0 Å². The van der Waals surface area contributed by atoms with E-state index in [1.807, 2.05) is 54.6 Å². The molecule has 0 aliphatic rings. The van der Waals surface area contributed by atoms with Gasteiger partial charge in [0.05, 0.1) is 5.92 Å². The lowest BCUT2D eigenvalue weighted by molar-refractivity contribution is -0.141. The highest BCUT2D eigenvalue weighted by molar-refractivity contribution is 9.10.